The Kier molecular flexibility index (Phi) is 4.02. The summed E-state index contributed by atoms with van der Waals surface area (Å²) >= 11 is 0. The van der Waals surface area contributed by atoms with Crippen molar-refractivity contribution in [3.63, 3.8) is 0 Å². The monoisotopic (exact) mass is 263 g/mol. The van der Waals surface area contributed by atoms with Crippen LogP contribution in [0.4, 0.5) is 0 Å². The molecule has 0 saturated heterocycles. The molecule has 2 aromatic rings. The first kappa shape index (κ1) is 12.9. The van der Waals surface area contributed by atoms with Crippen molar-refractivity contribution in [3.8, 4) is 11.5 Å². The molecule has 6 nitrogen and oxygen atoms in total. The standard InChI is InChI=1S/C13H13NO5/c1-17-10-3-2-4-11(6-10)18-8-12-14-9(7-19-12)5-13(15)16/h2-4,6-7H,5,8H2,1H3,(H,15,16). The van der Waals surface area contributed by atoms with E-state index in [0.717, 1.165) is 0 Å². The van der Waals surface area contributed by atoms with Gasteiger partial charge in [0.15, 0.2) is 6.61 Å². The maximum Gasteiger partial charge on any atom is 0.309 e. The van der Waals surface area contributed by atoms with Crippen LogP contribution in [0.15, 0.2) is 34.9 Å². The van der Waals surface area contributed by atoms with Crippen molar-refractivity contribution in [3.05, 3.63) is 42.1 Å². The molecule has 0 aliphatic carbocycles. The highest BCUT2D eigenvalue weighted by Crippen LogP contribution is 2.19. The van der Waals surface area contributed by atoms with E-state index in [-0.39, 0.29) is 13.0 Å². The Balaban J connectivity index is 1.94. The summed E-state index contributed by atoms with van der Waals surface area (Å²) in [5.74, 6) is 0.696. The quantitative estimate of drug-likeness (QED) is 0.857. The van der Waals surface area contributed by atoms with Crippen molar-refractivity contribution < 1.29 is 23.8 Å². The summed E-state index contributed by atoms with van der Waals surface area (Å²) in [4.78, 5) is 14.5. The summed E-state index contributed by atoms with van der Waals surface area (Å²) in [6, 6.07) is 7.13. The van der Waals surface area contributed by atoms with E-state index in [9.17, 15) is 4.79 Å². The van der Waals surface area contributed by atoms with Crippen molar-refractivity contribution in [1.82, 2.24) is 4.98 Å². The molecule has 0 fully saturated rings. The van der Waals surface area contributed by atoms with E-state index in [1.54, 1.807) is 25.3 Å². The maximum atomic E-state index is 10.5. The van der Waals surface area contributed by atoms with Crippen LogP contribution in [0.2, 0.25) is 0 Å². The molecule has 6 heteroatoms. The van der Waals surface area contributed by atoms with E-state index in [1.165, 1.54) is 6.26 Å². The fourth-order valence-corrected chi connectivity index (χ4v) is 1.49. The number of carboxylic acid groups (broad SMARTS) is 1. The molecule has 0 bridgehead atoms. The van der Waals surface area contributed by atoms with E-state index in [0.29, 0.717) is 23.1 Å². The van der Waals surface area contributed by atoms with Crippen LogP contribution in [-0.4, -0.2) is 23.2 Å². The van der Waals surface area contributed by atoms with E-state index in [1.807, 2.05) is 6.07 Å². The van der Waals surface area contributed by atoms with E-state index in [4.69, 9.17) is 19.0 Å². The predicted octanol–water partition coefficient (Wildman–Crippen LogP) is 1.89. The Labute approximate surface area is 109 Å². The number of ether oxygens (including phenoxy) is 2. The molecule has 1 heterocycles. The van der Waals surface area contributed by atoms with E-state index >= 15 is 0 Å². The smallest absolute Gasteiger partial charge is 0.309 e. The normalized spacial score (nSPS) is 10.2. The second-order valence-electron chi connectivity index (χ2n) is 3.77. The zero-order chi connectivity index (χ0) is 13.7. The van der Waals surface area contributed by atoms with Crippen molar-refractivity contribution >= 4 is 5.97 Å². The van der Waals surface area contributed by atoms with Gasteiger partial charge in [0.2, 0.25) is 5.89 Å². The molecule has 1 N–H and O–H groups in total. The number of oxazole rings is 1. The minimum atomic E-state index is -0.950. The lowest BCUT2D eigenvalue weighted by Crippen LogP contribution is -2.01. The number of hydrogen-bond acceptors (Lipinski definition) is 5. The Morgan fingerprint density at radius 2 is 2.21 bits per heavy atom. The van der Waals surface area contributed by atoms with Crippen LogP contribution in [0.5, 0.6) is 11.5 Å². The number of benzene rings is 1. The highest BCUT2D eigenvalue weighted by molar-refractivity contribution is 5.69. The van der Waals surface area contributed by atoms with Crippen molar-refractivity contribution in [2.24, 2.45) is 0 Å². The van der Waals surface area contributed by atoms with Crippen molar-refractivity contribution in [1.29, 1.82) is 0 Å². The number of aliphatic carboxylic acids is 1. The van der Waals surface area contributed by atoms with Crippen molar-refractivity contribution in [2.75, 3.05) is 7.11 Å². The SMILES string of the molecule is COc1cccc(OCc2nc(CC(=O)O)co2)c1. The zero-order valence-electron chi connectivity index (χ0n) is 10.3. The molecule has 100 valence electrons. The number of rotatable bonds is 6. The lowest BCUT2D eigenvalue weighted by atomic mass is 10.3. The molecule has 0 unspecified atom stereocenters. The van der Waals surface area contributed by atoms with E-state index < -0.39 is 5.97 Å². The van der Waals surface area contributed by atoms with Crippen LogP contribution in [0.25, 0.3) is 0 Å². The average Bonchev–Trinajstić information content (AvgIpc) is 2.83. The minimum Gasteiger partial charge on any atom is -0.497 e. The van der Waals surface area contributed by atoms with Gasteiger partial charge in [0.1, 0.15) is 17.8 Å². The van der Waals surface area contributed by atoms with Crippen LogP contribution in [-0.2, 0) is 17.8 Å². The highest BCUT2D eigenvalue weighted by atomic mass is 16.5. The van der Waals surface area contributed by atoms with Gasteiger partial charge in [0, 0.05) is 6.07 Å². The zero-order valence-corrected chi connectivity index (χ0v) is 10.3. The number of nitrogens with zero attached hydrogens (tertiary/aromatic N) is 1. The Morgan fingerprint density at radius 1 is 1.42 bits per heavy atom. The van der Waals surface area contributed by atoms with Gasteiger partial charge >= 0.3 is 5.97 Å². The topological polar surface area (TPSA) is 81.8 Å². The summed E-state index contributed by atoms with van der Waals surface area (Å²) in [6.07, 6.45) is 1.15. The number of carboxylic acids is 1. The minimum absolute atomic E-state index is 0.132. The first-order chi connectivity index (χ1) is 9.17. The molecule has 1 aromatic heterocycles. The van der Waals surface area contributed by atoms with Crippen LogP contribution in [0.1, 0.15) is 11.6 Å². The maximum absolute atomic E-state index is 10.5. The molecule has 0 spiro atoms. The molecule has 0 atom stereocenters. The molecular formula is C13H13NO5. The predicted molar refractivity (Wildman–Crippen MR) is 65.2 cm³/mol. The van der Waals surface area contributed by atoms with Gasteiger partial charge in [-0.05, 0) is 12.1 Å². The molecule has 2 rings (SSSR count). The average molecular weight is 263 g/mol. The summed E-state index contributed by atoms with van der Waals surface area (Å²) < 4.78 is 15.7. The van der Waals surface area contributed by atoms with Gasteiger partial charge in [-0.3, -0.25) is 4.79 Å². The molecule has 0 saturated carbocycles. The second-order valence-corrected chi connectivity index (χ2v) is 3.77. The van der Waals surface area contributed by atoms with Gasteiger partial charge in [-0.15, -0.1) is 0 Å². The molecule has 0 radical (unpaired) electrons. The molecule has 0 aliphatic heterocycles. The lowest BCUT2D eigenvalue weighted by molar-refractivity contribution is -0.136. The van der Waals surface area contributed by atoms with Crippen LogP contribution in [0, 0.1) is 0 Å². The summed E-state index contributed by atoms with van der Waals surface area (Å²) in [6.45, 7) is 0.132. The number of hydrogen-bond donors (Lipinski definition) is 1. The first-order valence-electron chi connectivity index (χ1n) is 5.59. The Hall–Kier alpha value is -2.50. The lowest BCUT2D eigenvalue weighted by Gasteiger charge is -2.05. The summed E-state index contributed by atoms with van der Waals surface area (Å²) in [5, 5.41) is 8.61. The Morgan fingerprint density at radius 3 is 2.95 bits per heavy atom. The van der Waals surface area contributed by atoms with Gasteiger partial charge < -0.3 is 19.0 Å². The highest BCUT2D eigenvalue weighted by Gasteiger charge is 2.08. The van der Waals surface area contributed by atoms with Gasteiger partial charge in [-0.2, -0.15) is 0 Å². The molecule has 1 aromatic carbocycles. The third-order valence-electron chi connectivity index (χ3n) is 2.34. The van der Waals surface area contributed by atoms with Crippen LogP contribution < -0.4 is 9.47 Å². The van der Waals surface area contributed by atoms with Gasteiger partial charge in [0.05, 0.1) is 19.2 Å². The first-order valence-corrected chi connectivity index (χ1v) is 5.59. The third kappa shape index (κ3) is 3.74. The summed E-state index contributed by atoms with van der Waals surface area (Å²) in [7, 11) is 1.57. The fourth-order valence-electron chi connectivity index (χ4n) is 1.49. The number of methoxy groups -OCH3 is 1. The van der Waals surface area contributed by atoms with E-state index in [2.05, 4.69) is 4.98 Å². The van der Waals surface area contributed by atoms with Gasteiger partial charge in [0.25, 0.3) is 0 Å². The molecule has 0 amide bonds. The summed E-state index contributed by atoms with van der Waals surface area (Å²) in [5.41, 5.74) is 0.372. The largest absolute Gasteiger partial charge is 0.497 e. The van der Waals surface area contributed by atoms with Gasteiger partial charge in [-0.1, -0.05) is 6.07 Å². The molecule has 19 heavy (non-hydrogen) atoms. The second kappa shape index (κ2) is 5.90. The fraction of sp³-hybridized carbons (Fsp3) is 0.231. The van der Waals surface area contributed by atoms with Crippen LogP contribution >= 0.6 is 0 Å². The Bertz CT molecular complexity index is 564. The molecule has 0 aliphatic rings. The van der Waals surface area contributed by atoms with Crippen LogP contribution in [0.3, 0.4) is 0 Å². The number of carbonyl (C=O) groups is 1. The third-order valence-corrected chi connectivity index (χ3v) is 2.34. The van der Waals surface area contributed by atoms with Crippen molar-refractivity contribution in [2.45, 2.75) is 13.0 Å². The van der Waals surface area contributed by atoms with Gasteiger partial charge in [-0.25, -0.2) is 4.98 Å². The number of aromatic nitrogens is 1. The molecular weight excluding hydrogens is 250 g/mol.